The van der Waals surface area contributed by atoms with Crippen LogP contribution in [0.2, 0.25) is 0 Å². The molecule has 0 radical (unpaired) electrons. The van der Waals surface area contributed by atoms with Crippen molar-refractivity contribution in [1.29, 1.82) is 5.26 Å². The Morgan fingerprint density at radius 3 is 2.71 bits per heavy atom. The summed E-state index contributed by atoms with van der Waals surface area (Å²) in [4.78, 5) is 24.5. The summed E-state index contributed by atoms with van der Waals surface area (Å²) in [5.74, 6) is 0.0964. The first-order chi connectivity index (χ1) is 13.1. The SMILES string of the molecule is Cc1ccc(C(=O)Nc2sc3c(c2C#N)CC[C@H](C(C)(C)C)C3)cc1[N+](=O)[O-]. The number of anilines is 1. The maximum atomic E-state index is 12.7. The fourth-order valence-corrected chi connectivity index (χ4v) is 4.93. The van der Waals surface area contributed by atoms with Crippen molar-refractivity contribution in [3.05, 3.63) is 55.4 Å². The number of hydrogen-bond acceptors (Lipinski definition) is 5. The number of amides is 1. The fourth-order valence-electron chi connectivity index (χ4n) is 3.65. The summed E-state index contributed by atoms with van der Waals surface area (Å²) < 4.78 is 0. The number of carbonyl (C=O) groups excluding carboxylic acids is 1. The molecule has 1 atom stereocenters. The van der Waals surface area contributed by atoms with Crippen LogP contribution < -0.4 is 5.32 Å². The molecule has 0 saturated heterocycles. The van der Waals surface area contributed by atoms with Crippen LogP contribution in [0.5, 0.6) is 0 Å². The Labute approximate surface area is 168 Å². The number of benzene rings is 1. The number of aryl methyl sites for hydroxylation is 1. The van der Waals surface area contributed by atoms with Gasteiger partial charge in [0, 0.05) is 22.1 Å². The van der Waals surface area contributed by atoms with Gasteiger partial charge >= 0.3 is 0 Å². The second kappa shape index (κ2) is 7.36. The molecule has 1 N–H and O–H groups in total. The van der Waals surface area contributed by atoms with Gasteiger partial charge in [-0.1, -0.05) is 26.8 Å². The summed E-state index contributed by atoms with van der Waals surface area (Å²) in [5.41, 5.74) is 2.38. The molecule has 0 spiro atoms. The number of nitrogens with zero attached hydrogens (tertiary/aromatic N) is 2. The summed E-state index contributed by atoms with van der Waals surface area (Å²) in [6, 6.07) is 6.64. The van der Waals surface area contributed by atoms with Crippen molar-refractivity contribution in [1.82, 2.24) is 0 Å². The van der Waals surface area contributed by atoms with Crippen LogP contribution in [0.1, 0.15) is 59.1 Å². The second-order valence-electron chi connectivity index (χ2n) is 8.34. The summed E-state index contributed by atoms with van der Waals surface area (Å²) in [5, 5.41) is 24.1. The largest absolute Gasteiger partial charge is 0.312 e. The zero-order chi connectivity index (χ0) is 20.6. The van der Waals surface area contributed by atoms with E-state index in [4.69, 9.17) is 0 Å². The van der Waals surface area contributed by atoms with Gasteiger partial charge in [-0.25, -0.2) is 0 Å². The number of hydrogen-bond donors (Lipinski definition) is 1. The number of nitriles is 1. The predicted octanol–water partition coefficient (Wildman–Crippen LogP) is 5.24. The Hall–Kier alpha value is -2.72. The van der Waals surface area contributed by atoms with Crippen molar-refractivity contribution in [2.75, 3.05) is 5.32 Å². The summed E-state index contributed by atoms with van der Waals surface area (Å²) in [7, 11) is 0. The summed E-state index contributed by atoms with van der Waals surface area (Å²) in [6.45, 7) is 8.32. The van der Waals surface area contributed by atoms with Crippen molar-refractivity contribution in [2.45, 2.75) is 47.0 Å². The lowest BCUT2D eigenvalue weighted by Gasteiger charge is -2.33. The van der Waals surface area contributed by atoms with Gasteiger partial charge in [0.05, 0.1) is 10.5 Å². The number of nitro benzene ring substituents is 1. The highest BCUT2D eigenvalue weighted by Gasteiger charge is 2.32. The molecular weight excluding hydrogens is 374 g/mol. The van der Waals surface area contributed by atoms with Crippen molar-refractivity contribution in [3.63, 3.8) is 0 Å². The van der Waals surface area contributed by atoms with Gasteiger partial charge in [0.25, 0.3) is 11.6 Å². The Balaban J connectivity index is 1.89. The second-order valence-corrected chi connectivity index (χ2v) is 9.44. The highest BCUT2D eigenvalue weighted by Crippen LogP contribution is 2.44. The zero-order valence-corrected chi connectivity index (χ0v) is 17.3. The van der Waals surface area contributed by atoms with Gasteiger partial charge in [-0.15, -0.1) is 11.3 Å². The molecule has 1 heterocycles. The molecule has 0 aliphatic heterocycles. The van der Waals surface area contributed by atoms with E-state index in [0.29, 0.717) is 22.0 Å². The third kappa shape index (κ3) is 3.78. The average molecular weight is 398 g/mol. The zero-order valence-electron chi connectivity index (χ0n) is 16.5. The minimum Gasteiger partial charge on any atom is -0.312 e. The van der Waals surface area contributed by atoms with Crippen LogP contribution in [0.15, 0.2) is 18.2 Å². The minimum atomic E-state index is -0.497. The van der Waals surface area contributed by atoms with Crippen molar-refractivity contribution in [3.8, 4) is 6.07 Å². The minimum absolute atomic E-state index is 0.0911. The lowest BCUT2D eigenvalue weighted by molar-refractivity contribution is -0.385. The molecule has 0 bridgehead atoms. The fraction of sp³-hybridized carbons (Fsp3) is 0.429. The molecule has 0 unspecified atom stereocenters. The first-order valence-corrected chi connectivity index (χ1v) is 10.0. The molecular formula is C21H23N3O3S. The van der Waals surface area contributed by atoms with E-state index in [1.54, 1.807) is 19.1 Å². The van der Waals surface area contributed by atoms with E-state index in [0.717, 1.165) is 29.7 Å². The number of nitro groups is 1. The highest BCUT2D eigenvalue weighted by molar-refractivity contribution is 7.16. The number of rotatable bonds is 3. The third-order valence-electron chi connectivity index (χ3n) is 5.50. The lowest BCUT2D eigenvalue weighted by atomic mass is 9.72. The summed E-state index contributed by atoms with van der Waals surface area (Å²) >= 11 is 1.45. The van der Waals surface area contributed by atoms with Gasteiger partial charge < -0.3 is 5.32 Å². The highest BCUT2D eigenvalue weighted by atomic mass is 32.1. The van der Waals surface area contributed by atoms with Crippen LogP contribution in [0.4, 0.5) is 10.7 Å². The van der Waals surface area contributed by atoms with E-state index in [9.17, 15) is 20.2 Å². The van der Waals surface area contributed by atoms with Gasteiger partial charge in [0.2, 0.25) is 0 Å². The van der Waals surface area contributed by atoms with Crippen LogP contribution in [-0.2, 0) is 12.8 Å². The molecule has 3 rings (SSSR count). The topological polar surface area (TPSA) is 96.0 Å². The molecule has 1 aromatic carbocycles. The molecule has 146 valence electrons. The predicted molar refractivity (Wildman–Crippen MR) is 110 cm³/mol. The maximum Gasteiger partial charge on any atom is 0.273 e. The van der Waals surface area contributed by atoms with Crippen molar-refractivity contribution < 1.29 is 9.72 Å². The van der Waals surface area contributed by atoms with E-state index in [-0.39, 0.29) is 16.7 Å². The molecule has 1 aromatic heterocycles. The van der Waals surface area contributed by atoms with Gasteiger partial charge in [0.1, 0.15) is 11.1 Å². The quantitative estimate of drug-likeness (QED) is 0.566. The molecule has 1 aliphatic rings. The Bertz CT molecular complexity index is 996. The van der Waals surface area contributed by atoms with E-state index >= 15 is 0 Å². The number of fused-ring (bicyclic) bond motifs is 1. The van der Waals surface area contributed by atoms with Gasteiger partial charge in [0.15, 0.2) is 0 Å². The molecule has 6 nitrogen and oxygen atoms in total. The molecule has 0 fully saturated rings. The van der Waals surface area contributed by atoms with E-state index in [1.807, 2.05) is 0 Å². The molecule has 1 aliphatic carbocycles. The Morgan fingerprint density at radius 1 is 1.39 bits per heavy atom. The first kappa shape index (κ1) is 20.0. The van der Waals surface area contributed by atoms with E-state index < -0.39 is 10.8 Å². The number of thiophene rings is 1. The normalized spacial score (nSPS) is 16.2. The van der Waals surface area contributed by atoms with Crippen LogP contribution >= 0.6 is 11.3 Å². The standard InChI is InChI=1S/C21H23N3O3S/c1-12-5-6-13(9-17(12)24(26)27)19(25)23-20-16(11-22)15-8-7-14(21(2,3)4)10-18(15)28-20/h5-6,9,14H,7-8,10H2,1-4H3,(H,23,25)/t14-/m0/s1. The number of nitrogens with one attached hydrogen (secondary N) is 1. The maximum absolute atomic E-state index is 12.7. The Kier molecular flexibility index (Phi) is 5.26. The van der Waals surface area contributed by atoms with Gasteiger partial charge in [-0.3, -0.25) is 14.9 Å². The molecule has 2 aromatic rings. The van der Waals surface area contributed by atoms with Gasteiger partial charge in [-0.05, 0) is 49.1 Å². The first-order valence-electron chi connectivity index (χ1n) is 9.23. The molecule has 1 amide bonds. The molecule has 28 heavy (non-hydrogen) atoms. The lowest BCUT2D eigenvalue weighted by Crippen LogP contribution is -2.26. The van der Waals surface area contributed by atoms with Crippen molar-refractivity contribution in [2.24, 2.45) is 11.3 Å². The van der Waals surface area contributed by atoms with Crippen LogP contribution in [0.3, 0.4) is 0 Å². The smallest absolute Gasteiger partial charge is 0.273 e. The number of carbonyl (C=O) groups is 1. The molecule has 7 heteroatoms. The van der Waals surface area contributed by atoms with Crippen LogP contribution in [0, 0.1) is 39.7 Å². The monoisotopic (exact) mass is 397 g/mol. The van der Waals surface area contributed by atoms with Crippen LogP contribution in [-0.4, -0.2) is 10.8 Å². The molecule has 0 saturated carbocycles. The average Bonchev–Trinajstić information content (AvgIpc) is 2.97. The Morgan fingerprint density at radius 2 is 2.11 bits per heavy atom. The van der Waals surface area contributed by atoms with E-state index in [1.165, 1.54) is 17.4 Å². The third-order valence-corrected chi connectivity index (χ3v) is 6.67. The van der Waals surface area contributed by atoms with Crippen LogP contribution in [0.25, 0.3) is 0 Å². The van der Waals surface area contributed by atoms with Crippen molar-refractivity contribution >= 4 is 27.9 Å². The van der Waals surface area contributed by atoms with E-state index in [2.05, 4.69) is 32.2 Å². The van der Waals surface area contributed by atoms with Gasteiger partial charge in [-0.2, -0.15) is 5.26 Å². The summed E-state index contributed by atoms with van der Waals surface area (Å²) in [6.07, 6.45) is 2.77.